The van der Waals surface area contributed by atoms with Crippen LogP contribution in [0, 0.1) is 19.8 Å². The van der Waals surface area contributed by atoms with Gasteiger partial charge in [0, 0.05) is 19.2 Å². The fraction of sp³-hybridized carbons (Fsp3) is 0.321. The van der Waals surface area contributed by atoms with E-state index in [4.69, 9.17) is 16.6 Å². The number of carbonyl (C=O) groups is 1. The van der Waals surface area contributed by atoms with Gasteiger partial charge in [0.1, 0.15) is 4.32 Å². The highest BCUT2D eigenvalue weighted by Crippen LogP contribution is 2.37. The summed E-state index contributed by atoms with van der Waals surface area (Å²) in [5, 5.41) is -0.128. The molecule has 0 N–H and O–H groups in total. The first-order valence-corrected chi connectivity index (χ1v) is 15.2. The molecule has 10 heteroatoms. The summed E-state index contributed by atoms with van der Waals surface area (Å²) >= 11 is 6.65. The van der Waals surface area contributed by atoms with E-state index in [1.165, 1.54) is 11.0 Å². The second-order valence-electron chi connectivity index (χ2n) is 9.90. The highest BCUT2D eigenvalue weighted by Gasteiger charge is 2.35. The first kappa shape index (κ1) is 26.6. The van der Waals surface area contributed by atoms with Crippen LogP contribution in [0.15, 0.2) is 67.8 Å². The molecule has 0 atom stereocenters. The Balaban J connectivity index is 1.48. The summed E-state index contributed by atoms with van der Waals surface area (Å²) in [4.78, 5) is 21.6. The van der Waals surface area contributed by atoms with Crippen LogP contribution in [-0.2, 0) is 21.2 Å². The van der Waals surface area contributed by atoms with Crippen LogP contribution in [0.2, 0.25) is 0 Å². The fourth-order valence-corrected chi connectivity index (χ4v) is 6.96. The molecule has 0 aliphatic carbocycles. The van der Waals surface area contributed by atoms with Gasteiger partial charge in [0.25, 0.3) is 5.91 Å². The molecule has 2 fully saturated rings. The Morgan fingerprint density at radius 3 is 2.29 bits per heavy atom. The standard InChI is InChI=1S/C28H29N3O4S3/c1-18-4-8-21(9-5-18)17-31-26(32)23(37-28(31)36)16-24-29-25(27(35-24)30-14-12-20(3)13-15-30)38(33,34)22-10-6-19(2)7-11-22/h4-11,16,20H,12-15,17H2,1-3H3. The minimum atomic E-state index is -3.95. The molecule has 0 unspecified atom stereocenters. The molecule has 2 aliphatic heterocycles. The Morgan fingerprint density at radius 2 is 1.66 bits per heavy atom. The number of carbonyl (C=O) groups excluding carboxylic acids is 1. The maximum atomic E-state index is 13.6. The van der Waals surface area contributed by atoms with Gasteiger partial charge in [0.2, 0.25) is 26.6 Å². The van der Waals surface area contributed by atoms with E-state index in [0.717, 1.165) is 41.3 Å². The number of hydrogen-bond acceptors (Lipinski definition) is 8. The lowest BCUT2D eigenvalue weighted by Crippen LogP contribution is -2.33. The molecular formula is C28H29N3O4S3. The number of oxazole rings is 1. The summed E-state index contributed by atoms with van der Waals surface area (Å²) in [6, 6.07) is 14.6. The molecule has 7 nitrogen and oxygen atoms in total. The molecule has 3 heterocycles. The quantitative estimate of drug-likeness (QED) is 0.275. The Kier molecular flexibility index (Phi) is 7.48. The minimum absolute atomic E-state index is 0.0696. The molecule has 0 saturated carbocycles. The zero-order valence-corrected chi connectivity index (χ0v) is 24.0. The number of piperidine rings is 1. The van der Waals surface area contributed by atoms with Crippen molar-refractivity contribution in [1.29, 1.82) is 0 Å². The molecule has 1 aromatic heterocycles. The van der Waals surface area contributed by atoms with Crippen molar-refractivity contribution >= 4 is 56.0 Å². The number of rotatable bonds is 6. The number of amides is 1. The highest BCUT2D eigenvalue weighted by atomic mass is 32.2. The monoisotopic (exact) mass is 567 g/mol. The van der Waals surface area contributed by atoms with E-state index in [1.54, 1.807) is 24.3 Å². The molecule has 2 aromatic carbocycles. The third kappa shape index (κ3) is 5.43. The van der Waals surface area contributed by atoms with Crippen molar-refractivity contribution in [3.8, 4) is 0 Å². The van der Waals surface area contributed by atoms with Crippen LogP contribution in [0.25, 0.3) is 6.08 Å². The van der Waals surface area contributed by atoms with E-state index in [9.17, 15) is 13.2 Å². The molecule has 198 valence electrons. The molecule has 5 rings (SSSR count). The van der Waals surface area contributed by atoms with Gasteiger partial charge in [-0.3, -0.25) is 9.69 Å². The van der Waals surface area contributed by atoms with E-state index < -0.39 is 9.84 Å². The molecule has 38 heavy (non-hydrogen) atoms. The number of thioether (sulfide) groups is 1. The largest absolute Gasteiger partial charge is 0.420 e. The maximum absolute atomic E-state index is 13.6. The fourth-order valence-electron chi connectivity index (χ4n) is 4.42. The van der Waals surface area contributed by atoms with Crippen molar-refractivity contribution in [3.63, 3.8) is 0 Å². The van der Waals surface area contributed by atoms with Crippen molar-refractivity contribution < 1.29 is 17.6 Å². The number of hydrogen-bond donors (Lipinski definition) is 0. The average molecular weight is 568 g/mol. The molecule has 0 bridgehead atoms. The predicted octanol–water partition coefficient (Wildman–Crippen LogP) is 5.76. The van der Waals surface area contributed by atoms with Crippen LogP contribution >= 0.6 is 24.0 Å². The van der Waals surface area contributed by atoms with Crippen LogP contribution in [-0.4, -0.2) is 41.6 Å². The van der Waals surface area contributed by atoms with Gasteiger partial charge >= 0.3 is 0 Å². The van der Waals surface area contributed by atoms with E-state index in [2.05, 4.69) is 11.9 Å². The SMILES string of the molecule is Cc1ccc(CN2C(=O)C(=Cc3nc(S(=O)(=O)c4ccc(C)cc4)c(N4CCC(C)CC4)o3)SC2=S)cc1. The summed E-state index contributed by atoms with van der Waals surface area (Å²) in [6.07, 6.45) is 3.36. The van der Waals surface area contributed by atoms with Gasteiger partial charge < -0.3 is 9.32 Å². The van der Waals surface area contributed by atoms with Gasteiger partial charge in [-0.2, -0.15) is 4.98 Å². The molecule has 2 saturated heterocycles. The van der Waals surface area contributed by atoms with Crippen molar-refractivity contribution in [3.05, 3.63) is 76.0 Å². The van der Waals surface area contributed by atoms with Crippen LogP contribution in [0.5, 0.6) is 0 Å². The second kappa shape index (κ2) is 10.7. The number of nitrogens with zero attached hydrogens (tertiary/aromatic N) is 3. The number of aromatic nitrogens is 1. The Bertz CT molecular complexity index is 1500. The molecule has 3 aromatic rings. The smallest absolute Gasteiger partial charge is 0.266 e. The summed E-state index contributed by atoms with van der Waals surface area (Å²) in [7, 11) is -3.95. The van der Waals surface area contributed by atoms with Crippen molar-refractivity contribution in [2.75, 3.05) is 18.0 Å². The topological polar surface area (TPSA) is 83.7 Å². The van der Waals surface area contributed by atoms with E-state index in [-0.39, 0.29) is 27.6 Å². The van der Waals surface area contributed by atoms with Gasteiger partial charge in [-0.05, 0) is 50.3 Å². The first-order chi connectivity index (χ1) is 18.1. The summed E-state index contributed by atoms with van der Waals surface area (Å²) in [5.41, 5.74) is 3.07. The third-order valence-corrected chi connectivity index (χ3v) is 9.89. The van der Waals surface area contributed by atoms with Crippen molar-refractivity contribution in [1.82, 2.24) is 9.88 Å². The highest BCUT2D eigenvalue weighted by molar-refractivity contribution is 8.26. The summed E-state index contributed by atoms with van der Waals surface area (Å²) < 4.78 is 33.8. The van der Waals surface area contributed by atoms with Gasteiger partial charge in [0.15, 0.2) is 0 Å². The predicted molar refractivity (Wildman–Crippen MR) is 154 cm³/mol. The Morgan fingerprint density at radius 1 is 1.05 bits per heavy atom. The van der Waals surface area contributed by atoms with Gasteiger partial charge in [-0.15, -0.1) is 0 Å². The lowest BCUT2D eigenvalue weighted by Gasteiger charge is -2.30. The number of sulfone groups is 1. The zero-order valence-electron chi connectivity index (χ0n) is 21.5. The molecule has 0 radical (unpaired) electrons. The minimum Gasteiger partial charge on any atom is -0.420 e. The first-order valence-electron chi connectivity index (χ1n) is 12.5. The van der Waals surface area contributed by atoms with Crippen molar-refractivity contribution in [2.45, 2.75) is 50.1 Å². The van der Waals surface area contributed by atoms with Crippen LogP contribution in [0.4, 0.5) is 5.88 Å². The zero-order chi connectivity index (χ0) is 27.0. The van der Waals surface area contributed by atoms with Gasteiger partial charge in [-0.25, -0.2) is 8.42 Å². The van der Waals surface area contributed by atoms with Gasteiger partial charge in [-0.1, -0.05) is 78.4 Å². The second-order valence-corrected chi connectivity index (χ2v) is 13.4. The van der Waals surface area contributed by atoms with Crippen LogP contribution < -0.4 is 4.90 Å². The molecular weight excluding hydrogens is 539 g/mol. The lowest BCUT2D eigenvalue weighted by molar-refractivity contribution is -0.122. The van der Waals surface area contributed by atoms with Crippen LogP contribution in [0.3, 0.4) is 0 Å². The number of thiocarbonyl (C=S) groups is 1. The third-order valence-electron chi connectivity index (χ3n) is 6.84. The Labute approximate surface area is 232 Å². The summed E-state index contributed by atoms with van der Waals surface area (Å²) in [5.74, 6) is 0.593. The lowest BCUT2D eigenvalue weighted by atomic mass is 9.99. The number of benzene rings is 2. The van der Waals surface area contributed by atoms with E-state index in [0.29, 0.717) is 34.8 Å². The maximum Gasteiger partial charge on any atom is 0.266 e. The van der Waals surface area contributed by atoms with Crippen LogP contribution in [0.1, 0.15) is 42.3 Å². The number of anilines is 1. The van der Waals surface area contributed by atoms with E-state index in [1.807, 2.05) is 43.0 Å². The van der Waals surface area contributed by atoms with Gasteiger partial charge in [0.05, 0.1) is 16.3 Å². The normalized spacial score (nSPS) is 18.1. The van der Waals surface area contributed by atoms with Crippen molar-refractivity contribution in [2.24, 2.45) is 5.92 Å². The Hall–Kier alpha value is -2.95. The summed E-state index contributed by atoms with van der Waals surface area (Å²) in [6.45, 7) is 7.80. The van der Waals surface area contributed by atoms with E-state index >= 15 is 0 Å². The molecule has 0 spiro atoms. The molecule has 1 amide bonds. The molecule has 2 aliphatic rings. The number of aryl methyl sites for hydroxylation is 2. The average Bonchev–Trinajstić information content (AvgIpc) is 3.43.